The Morgan fingerprint density at radius 2 is 2.12 bits per heavy atom. The first-order valence-electron chi connectivity index (χ1n) is 8.53. The van der Waals surface area contributed by atoms with Crippen molar-refractivity contribution in [1.29, 1.82) is 0 Å². The minimum absolute atomic E-state index is 0.244. The van der Waals surface area contributed by atoms with Crippen molar-refractivity contribution in [3.05, 3.63) is 59.8 Å². The molecule has 0 bridgehead atoms. The normalized spacial score (nSPS) is 25.0. The molecule has 8 heteroatoms. The first-order valence-corrected chi connectivity index (χ1v) is 8.53. The molecule has 1 saturated carbocycles. The third-order valence-corrected chi connectivity index (χ3v) is 5.09. The highest BCUT2D eigenvalue weighted by atomic mass is 16.2. The number of imidazole rings is 1. The van der Waals surface area contributed by atoms with Gasteiger partial charge in [-0.2, -0.15) is 5.10 Å². The van der Waals surface area contributed by atoms with Crippen molar-refractivity contribution in [1.82, 2.24) is 30.2 Å². The smallest absolute Gasteiger partial charge is 0.321 e. The molecule has 1 saturated heterocycles. The Labute approximate surface area is 148 Å². The number of rotatable bonds is 3. The monoisotopic (exact) mass is 348 g/mol. The summed E-state index contributed by atoms with van der Waals surface area (Å²) in [7, 11) is 0. The minimum Gasteiger partial charge on any atom is -0.337 e. The quantitative estimate of drug-likeness (QED) is 0.743. The lowest BCUT2D eigenvalue weighted by Crippen LogP contribution is -2.51. The van der Waals surface area contributed by atoms with Gasteiger partial charge in [-0.1, -0.05) is 6.07 Å². The molecule has 0 radical (unpaired) electrons. The summed E-state index contributed by atoms with van der Waals surface area (Å²) in [6.45, 7) is 0.244. The number of nitrogens with one attached hydrogen (secondary N) is 2. The van der Waals surface area contributed by atoms with Gasteiger partial charge < -0.3 is 5.32 Å². The summed E-state index contributed by atoms with van der Waals surface area (Å²) in [6, 6.07) is 5.54. The first-order chi connectivity index (χ1) is 12.7. The molecule has 3 atom stereocenters. The van der Waals surface area contributed by atoms with E-state index in [0.717, 1.165) is 17.6 Å². The molecule has 1 unspecified atom stereocenters. The summed E-state index contributed by atoms with van der Waals surface area (Å²) in [4.78, 5) is 32.2. The minimum atomic E-state index is -0.506. The highest BCUT2D eigenvalue weighted by Gasteiger charge is 2.42. The molecule has 3 aromatic rings. The lowest BCUT2D eigenvalue weighted by Gasteiger charge is -2.22. The molecule has 8 nitrogen and oxygen atoms in total. The number of pyridine rings is 1. The lowest BCUT2D eigenvalue weighted by atomic mass is 9.99. The maximum absolute atomic E-state index is 12.2. The standard InChI is InChI=1S/C18H16N6O2/c25-17-14(9-21-18(26)22-17)15-7-13(16-20-4-5-24(16)23-15)12-6-11(12)10-2-1-3-19-8-10/h1-5,7-8,11-12,14H,6,9H2,(H2,21,22,25,26)/t11-,12+,14?/m1/s1. The van der Waals surface area contributed by atoms with E-state index in [9.17, 15) is 9.59 Å². The van der Waals surface area contributed by atoms with E-state index in [1.165, 1.54) is 5.56 Å². The van der Waals surface area contributed by atoms with Gasteiger partial charge in [0.25, 0.3) is 0 Å². The van der Waals surface area contributed by atoms with Crippen molar-refractivity contribution in [2.75, 3.05) is 6.54 Å². The average molecular weight is 348 g/mol. The van der Waals surface area contributed by atoms with Gasteiger partial charge in [-0.3, -0.25) is 15.1 Å². The average Bonchev–Trinajstić information content (AvgIpc) is 3.30. The summed E-state index contributed by atoms with van der Waals surface area (Å²) >= 11 is 0. The van der Waals surface area contributed by atoms with E-state index >= 15 is 0 Å². The van der Waals surface area contributed by atoms with Gasteiger partial charge in [-0.25, -0.2) is 14.3 Å². The first kappa shape index (κ1) is 15.0. The van der Waals surface area contributed by atoms with Crippen LogP contribution in [0.4, 0.5) is 4.79 Å². The van der Waals surface area contributed by atoms with Crippen LogP contribution in [-0.4, -0.2) is 38.1 Å². The molecule has 1 aliphatic heterocycles. The number of fused-ring (bicyclic) bond motifs is 1. The molecule has 130 valence electrons. The molecule has 1 aliphatic carbocycles. The van der Waals surface area contributed by atoms with Gasteiger partial charge in [0.1, 0.15) is 0 Å². The number of nitrogens with zero attached hydrogens (tertiary/aromatic N) is 4. The lowest BCUT2D eigenvalue weighted by molar-refractivity contribution is -0.122. The number of urea groups is 1. The maximum Gasteiger partial charge on any atom is 0.321 e. The number of carbonyl (C=O) groups is 2. The van der Waals surface area contributed by atoms with E-state index < -0.39 is 11.9 Å². The predicted octanol–water partition coefficient (Wildman–Crippen LogP) is 1.32. The van der Waals surface area contributed by atoms with Crippen LogP contribution in [0.5, 0.6) is 0 Å². The van der Waals surface area contributed by atoms with Gasteiger partial charge in [-0.05, 0) is 36.0 Å². The van der Waals surface area contributed by atoms with Crippen molar-refractivity contribution in [3.63, 3.8) is 0 Å². The van der Waals surface area contributed by atoms with E-state index in [0.29, 0.717) is 17.5 Å². The summed E-state index contributed by atoms with van der Waals surface area (Å²) in [6.07, 6.45) is 8.18. The van der Waals surface area contributed by atoms with Crippen LogP contribution in [0.1, 0.15) is 41.0 Å². The molecule has 2 N–H and O–H groups in total. The Hall–Kier alpha value is -3.29. The highest BCUT2D eigenvalue weighted by molar-refractivity contribution is 6.00. The second-order valence-electron chi connectivity index (χ2n) is 6.71. The zero-order chi connectivity index (χ0) is 17.7. The molecule has 3 aromatic heterocycles. The van der Waals surface area contributed by atoms with Crippen LogP contribution in [0.2, 0.25) is 0 Å². The summed E-state index contributed by atoms with van der Waals surface area (Å²) in [5.41, 5.74) is 3.74. The molecular formula is C18H16N6O2. The van der Waals surface area contributed by atoms with E-state index in [1.807, 2.05) is 18.3 Å². The maximum atomic E-state index is 12.2. The number of imide groups is 1. The number of aromatic nitrogens is 4. The molecular weight excluding hydrogens is 332 g/mol. The molecule has 2 fully saturated rings. The molecule has 0 aromatic carbocycles. The van der Waals surface area contributed by atoms with Crippen LogP contribution < -0.4 is 10.6 Å². The van der Waals surface area contributed by atoms with E-state index in [2.05, 4.69) is 31.8 Å². The fourth-order valence-corrected chi connectivity index (χ4v) is 3.68. The Morgan fingerprint density at radius 1 is 1.19 bits per heavy atom. The number of carbonyl (C=O) groups excluding carboxylic acids is 2. The fraction of sp³-hybridized carbons (Fsp3) is 0.278. The van der Waals surface area contributed by atoms with Crippen LogP contribution in [0.3, 0.4) is 0 Å². The highest BCUT2D eigenvalue weighted by Crippen LogP contribution is 2.55. The number of amides is 3. The van der Waals surface area contributed by atoms with Gasteiger partial charge in [0.15, 0.2) is 5.65 Å². The largest absolute Gasteiger partial charge is 0.337 e. The molecule has 2 aliphatic rings. The molecule has 26 heavy (non-hydrogen) atoms. The van der Waals surface area contributed by atoms with Gasteiger partial charge in [-0.15, -0.1) is 0 Å². The second-order valence-corrected chi connectivity index (χ2v) is 6.71. The predicted molar refractivity (Wildman–Crippen MR) is 91.6 cm³/mol. The summed E-state index contributed by atoms with van der Waals surface area (Å²) < 4.78 is 1.72. The van der Waals surface area contributed by atoms with Gasteiger partial charge >= 0.3 is 6.03 Å². The van der Waals surface area contributed by atoms with Crippen molar-refractivity contribution >= 4 is 17.6 Å². The van der Waals surface area contributed by atoms with E-state index in [-0.39, 0.29) is 12.5 Å². The Kier molecular flexibility index (Phi) is 3.24. The number of hydrogen-bond acceptors (Lipinski definition) is 5. The van der Waals surface area contributed by atoms with Gasteiger partial charge in [0.05, 0.1) is 11.6 Å². The van der Waals surface area contributed by atoms with Crippen LogP contribution >= 0.6 is 0 Å². The van der Waals surface area contributed by atoms with E-state index in [1.54, 1.807) is 23.1 Å². The Balaban J connectivity index is 1.53. The van der Waals surface area contributed by atoms with E-state index in [4.69, 9.17) is 0 Å². The van der Waals surface area contributed by atoms with Crippen molar-refractivity contribution < 1.29 is 9.59 Å². The van der Waals surface area contributed by atoms with Crippen LogP contribution in [0.15, 0.2) is 43.0 Å². The van der Waals surface area contributed by atoms with Gasteiger partial charge in [0.2, 0.25) is 5.91 Å². The van der Waals surface area contributed by atoms with Crippen LogP contribution in [-0.2, 0) is 4.79 Å². The van der Waals surface area contributed by atoms with Crippen LogP contribution in [0, 0.1) is 0 Å². The molecule has 3 amide bonds. The Bertz CT molecular complexity index is 1010. The van der Waals surface area contributed by atoms with Crippen LogP contribution in [0.25, 0.3) is 5.65 Å². The molecule has 0 spiro atoms. The topological polar surface area (TPSA) is 101 Å². The fourth-order valence-electron chi connectivity index (χ4n) is 3.68. The third-order valence-electron chi connectivity index (χ3n) is 5.09. The van der Waals surface area contributed by atoms with Crippen molar-refractivity contribution in [2.45, 2.75) is 24.2 Å². The zero-order valence-corrected chi connectivity index (χ0v) is 13.8. The zero-order valence-electron chi connectivity index (χ0n) is 13.8. The second kappa shape index (κ2) is 5.62. The van der Waals surface area contributed by atoms with Crippen molar-refractivity contribution in [2.24, 2.45) is 0 Å². The van der Waals surface area contributed by atoms with Crippen molar-refractivity contribution in [3.8, 4) is 0 Å². The Morgan fingerprint density at radius 3 is 2.92 bits per heavy atom. The molecule has 4 heterocycles. The number of hydrogen-bond donors (Lipinski definition) is 2. The molecule has 5 rings (SSSR count). The van der Waals surface area contributed by atoms with Gasteiger partial charge in [0, 0.05) is 36.9 Å². The summed E-state index contributed by atoms with van der Waals surface area (Å²) in [5, 5.41) is 9.50. The summed E-state index contributed by atoms with van der Waals surface area (Å²) in [5.74, 6) is -0.105. The SMILES string of the molecule is O=C1NCC(c2cc([C@H]3C[C@@H]3c3cccnc3)c3nccn3n2)C(=O)N1. The third kappa shape index (κ3) is 2.42.